The zero-order valence-corrected chi connectivity index (χ0v) is 16.7. The second kappa shape index (κ2) is 8.73. The number of hydrogen-bond donors (Lipinski definition) is 1. The van der Waals surface area contributed by atoms with E-state index in [0.717, 1.165) is 42.9 Å². The van der Waals surface area contributed by atoms with E-state index < -0.39 is 0 Å². The van der Waals surface area contributed by atoms with Gasteiger partial charge in [-0.05, 0) is 46.1 Å². The lowest BCUT2D eigenvalue weighted by atomic mass is 9.89. The van der Waals surface area contributed by atoms with Crippen LogP contribution in [0.3, 0.4) is 0 Å². The van der Waals surface area contributed by atoms with E-state index in [0.29, 0.717) is 17.0 Å². The molecule has 1 aliphatic rings. The van der Waals surface area contributed by atoms with E-state index in [-0.39, 0.29) is 11.4 Å². The maximum absolute atomic E-state index is 12.1. The van der Waals surface area contributed by atoms with Gasteiger partial charge in [-0.2, -0.15) is 0 Å². The summed E-state index contributed by atoms with van der Waals surface area (Å²) >= 11 is 1.39. The van der Waals surface area contributed by atoms with E-state index in [4.69, 9.17) is 9.47 Å². The van der Waals surface area contributed by atoms with Crippen molar-refractivity contribution in [1.82, 2.24) is 0 Å². The Morgan fingerprint density at radius 3 is 2.72 bits per heavy atom. The Bertz CT molecular complexity index is 642. The zero-order valence-electron chi connectivity index (χ0n) is 15.9. The summed E-state index contributed by atoms with van der Waals surface area (Å²) in [5.74, 6) is 6.07. The van der Waals surface area contributed by atoms with E-state index in [1.165, 1.54) is 18.4 Å². The Morgan fingerprint density at radius 1 is 1.40 bits per heavy atom. The second-order valence-corrected chi connectivity index (χ2v) is 8.56. The molecular weight excluding hydrogens is 334 g/mol. The number of anilines is 1. The van der Waals surface area contributed by atoms with Crippen LogP contribution in [0.4, 0.5) is 5.69 Å². The summed E-state index contributed by atoms with van der Waals surface area (Å²) in [6, 6.07) is 2.30. The third-order valence-corrected chi connectivity index (χ3v) is 5.00. The monoisotopic (exact) mass is 363 g/mol. The van der Waals surface area contributed by atoms with Crippen molar-refractivity contribution in [3.63, 3.8) is 0 Å². The van der Waals surface area contributed by atoms with Crippen LogP contribution >= 0.6 is 11.3 Å². The van der Waals surface area contributed by atoms with Gasteiger partial charge in [-0.25, -0.2) is 4.79 Å². The summed E-state index contributed by atoms with van der Waals surface area (Å²) in [5.41, 5.74) is 0.757. The fourth-order valence-corrected chi connectivity index (χ4v) is 3.38. The highest BCUT2D eigenvalue weighted by Crippen LogP contribution is 2.33. The van der Waals surface area contributed by atoms with Crippen molar-refractivity contribution in [1.29, 1.82) is 0 Å². The maximum atomic E-state index is 12.1. The molecule has 2 rings (SSSR count). The van der Waals surface area contributed by atoms with Crippen LogP contribution in [0.5, 0.6) is 0 Å². The van der Waals surface area contributed by atoms with Gasteiger partial charge in [-0.3, -0.25) is 0 Å². The van der Waals surface area contributed by atoms with Crippen molar-refractivity contribution in [2.45, 2.75) is 65.5 Å². The highest BCUT2D eigenvalue weighted by Gasteiger charge is 2.31. The van der Waals surface area contributed by atoms with Crippen LogP contribution in [0.15, 0.2) is 6.07 Å². The van der Waals surface area contributed by atoms with Gasteiger partial charge < -0.3 is 14.8 Å². The van der Waals surface area contributed by atoms with Gasteiger partial charge in [-0.15, -0.1) is 11.3 Å². The lowest BCUT2D eigenvalue weighted by molar-refractivity contribution is -0.00537. The quantitative estimate of drug-likeness (QED) is 0.434. The molecule has 5 heteroatoms. The number of esters is 1. The van der Waals surface area contributed by atoms with E-state index in [9.17, 15) is 4.79 Å². The molecule has 1 aliphatic carbocycles. The van der Waals surface area contributed by atoms with Crippen LogP contribution in [0.2, 0.25) is 0 Å². The molecule has 1 heterocycles. The molecule has 1 saturated carbocycles. The first-order valence-corrected chi connectivity index (χ1v) is 9.77. The Labute approximate surface area is 155 Å². The lowest BCUT2D eigenvalue weighted by Crippen LogP contribution is -2.41. The predicted molar refractivity (Wildman–Crippen MR) is 103 cm³/mol. The van der Waals surface area contributed by atoms with Crippen LogP contribution in [0.25, 0.3) is 0 Å². The third kappa shape index (κ3) is 6.05. The average Bonchev–Trinajstić information content (AvgIpc) is 2.92. The molecule has 0 saturated heterocycles. The third-order valence-electron chi connectivity index (χ3n) is 3.97. The fourth-order valence-electron chi connectivity index (χ4n) is 2.49. The summed E-state index contributed by atoms with van der Waals surface area (Å²) in [7, 11) is 1.41. The van der Waals surface area contributed by atoms with Gasteiger partial charge in [0.1, 0.15) is 4.88 Å². The van der Waals surface area contributed by atoms with Gasteiger partial charge in [0.05, 0.1) is 23.8 Å². The molecule has 0 bridgehead atoms. The van der Waals surface area contributed by atoms with Crippen molar-refractivity contribution < 1.29 is 14.3 Å². The van der Waals surface area contributed by atoms with Gasteiger partial charge in [0, 0.05) is 18.1 Å². The first-order valence-electron chi connectivity index (χ1n) is 8.96. The van der Waals surface area contributed by atoms with E-state index in [2.05, 4.69) is 44.9 Å². The molecular formula is C20H29NO3S. The van der Waals surface area contributed by atoms with Crippen LogP contribution in [0.1, 0.15) is 67.9 Å². The number of methoxy groups -OCH3 is 1. The van der Waals surface area contributed by atoms with Crippen molar-refractivity contribution >= 4 is 23.0 Å². The molecule has 1 fully saturated rings. The zero-order chi connectivity index (χ0) is 18.4. The number of carbonyl (C=O) groups is 1. The molecule has 138 valence electrons. The summed E-state index contributed by atoms with van der Waals surface area (Å²) in [4.78, 5) is 13.5. The van der Waals surface area contributed by atoms with Gasteiger partial charge in [0.2, 0.25) is 0 Å². The topological polar surface area (TPSA) is 47.6 Å². The largest absolute Gasteiger partial charge is 0.465 e. The van der Waals surface area contributed by atoms with Crippen molar-refractivity contribution in [3.05, 3.63) is 15.8 Å². The minimum absolute atomic E-state index is 0.0694. The van der Waals surface area contributed by atoms with E-state index >= 15 is 0 Å². The number of rotatable bonds is 7. The van der Waals surface area contributed by atoms with E-state index in [1.54, 1.807) is 0 Å². The number of nitrogens with one attached hydrogen (secondary N) is 1. The summed E-state index contributed by atoms with van der Waals surface area (Å²) in [6.45, 7) is 9.22. The number of unbranched alkanes of at least 4 members (excludes halogenated alkanes) is 1. The standard InChI is InChI=1S/C20H29NO3S/c1-6-7-10-24-15-11-14(12-15)21-17-13-16(8-9-20(2,3)4)25-18(17)19(22)23-5/h13-15,21H,6-7,10-12H2,1-5H3. The van der Waals surface area contributed by atoms with Gasteiger partial charge in [0.15, 0.2) is 0 Å². The molecule has 0 radical (unpaired) electrons. The average molecular weight is 364 g/mol. The minimum atomic E-state index is -0.314. The molecule has 0 amide bonds. The van der Waals surface area contributed by atoms with Gasteiger partial charge in [-0.1, -0.05) is 25.2 Å². The molecule has 1 aromatic rings. The smallest absolute Gasteiger partial charge is 0.350 e. The molecule has 4 nitrogen and oxygen atoms in total. The van der Waals surface area contributed by atoms with E-state index in [1.807, 2.05) is 6.07 Å². The number of thiophene rings is 1. The van der Waals surface area contributed by atoms with Crippen LogP contribution in [0, 0.1) is 17.3 Å². The lowest BCUT2D eigenvalue weighted by Gasteiger charge is -2.36. The molecule has 1 aromatic heterocycles. The minimum Gasteiger partial charge on any atom is -0.465 e. The predicted octanol–water partition coefficient (Wildman–Crippen LogP) is 4.69. The Kier molecular flexibility index (Phi) is 6.92. The number of ether oxygens (including phenoxy) is 2. The van der Waals surface area contributed by atoms with Crippen LogP contribution in [-0.2, 0) is 9.47 Å². The number of carbonyl (C=O) groups excluding carboxylic acids is 1. The fraction of sp³-hybridized carbons (Fsp3) is 0.650. The highest BCUT2D eigenvalue weighted by atomic mass is 32.1. The number of hydrogen-bond acceptors (Lipinski definition) is 5. The van der Waals surface area contributed by atoms with Crippen molar-refractivity contribution in [2.75, 3.05) is 19.0 Å². The van der Waals surface area contributed by atoms with Crippen LogP contribution in [-0.4, -0.2) is 31.8 Å². The molecule has 1 N–H and O–H groups in total. The van der Waals surface area contributed by atoms with Crippen molar-refractivity contribution in [2.24, 2.45) is 5.41 Å². The Morgan fingerprint density at radius 2 is 2.12 bits per heavy atom. The Hall–Kier alpha value is -1.51. The summed E-state index contributed by atoms with van der Waals surface area (Å²) < 4.78 is 10.7. The molecule has 0 aromatic carbocycles. The van der Waals surface area contributed by atoms with Gasteiger partial charge in [0.25, 0.3) is 0 Å². The maximum Gasteiger partial charge on any atom is 0.350 e. The molecule has 0 atom stereocenters. The molecule has 0 aliphatic heterocycles. The first kappa shape index (κ1) is 19.8. The molecule has 0 spiro atoms. The summed E-state index contributed by atoms with van der Waals surface area (Å²) in [5, 5.41) is 3.46. The molecule has 25 heavy (non-hydrogen) atoms. The van der Waals surface area contributed by atoms with Gasteiger partial charge >= 0.3 is 5.97 Å². The first-order chi connectivity index (χ1) is 11.8. The highest BCUT2D eigenvalue weighted by molar-refractivity contribution is 7.15. The van der Waals surface area contributed by atoms with Crippen molar-refractivity contribution in [3.8, 4) is 11.8 Å². The normalized spacial score (nSPS) is 19.6. The summed E-state index contributed by atoms with van der Waals surface area (Å²) in [6.07, 6.45) is 4.56. The molecule has 0 unspecified atom stereocenters. The second-order valence-electron chi connectivity index (χ2n) is 7.50. The Balaban J connectivity index is 2.00. The SMILES string of the molecule is CCCCOC1CC(Nc2cc(C#CC(C)(C)C)sc2C(=O)OC)C1. The van der Waals surface area contributed by atoms with Crippen LogP contribution < -0.4 is 5.32 Å².